The molecule has 214 valence electrons. The molecule has 1 aliphatic heterocycles. The Kier molecular flexibility index (Phi) is 7.79. The van der Waals surface area contributed by atoms with E-state index in [1.807, 2.05) is 27.7 Å². The third kappa shape index (κ3) is 4.86. The summed E-state index contributed by atoms with van der Waals surface area (Å²) < 4.78 is 12.4. The molecule has 4 rings (SSSR count). The van der Waals surface area contributed by atoms with Crippen molar-refractivity contribution in [1.82, 2.24) is 19.7 Å². The molecule has 2 N–H and O–H groups in total. The van der Waals surface area contributed by atoms with Gasteiger partial charge >= 0.3 is 11.9 Å². The van der Waals surface area contributed by atoms with Crippen LogP contribution in [0, 0.1) is 12.3 Å². The molecule has 1 aromatic carbocycles. The lowest BCUT2D eigenvalue weighted by Crippen LogP contribution is -2.56. The number of aromatic nitrogens is 3. The number of hydrogen-bond acceptors (Lipinski definition) is 8. The number of hydrogen-bond donors (Lipinski definition) is 2. The molecule has 1 amide bonds. The van der Waals surface area contributed by atoms with Crippen LogP contribution in [0.3, 0.4) is 0 Å². The average molecular weight is 571 g/mol. The maximum Gasteiger partial charge on any atom is 0.331 e. The van der Waals surface area contributed by atoms with Gasteiger partial charge < -0.3 is 24.6 Å². The summed E-state index contributed by atoms with van der Waals surface area (Å²) >= 11 is 1.22. The number of nitrogens with zero attached hydrogens (tertiary/aromatic N) is 4. The summed E-state index contributed by atoms with van der Waals surface area (Å²) in [4.78, 5) is 47.4. The van der Waals surface area contributed by atoms with Crippen LogP contribution in [-0.4, -0.2) is 74.1 Å². The molecule has 40 heavy (non-hydrogen) atoms. The highest BCUT2D eigenvalue weighted by Crippen LogP contribution is 2.57. The fraction of sp³-hybridized carbons (Fsp3) is 0.464. The smallest absolute Gasteiger partial charge is 0.331 e. The Balaban J connectivity index is 2.01. The average Bonchev–Trinajstić information content (AvgIpc) is 3.62. The van der Waals surface area contributed by atoms with Gasteiger partial charge in [-0.3, -0.25) is 14.3 Å². The first-order chi connectivity index (χ1) is 18.8. The van der Waals surface area contributed by atoms with Crippen LogP contribution in [-0.2, 0) is 26.3 Å². The van der Waals surface area contributed by atoms with Crippen molar-refractivity contribution in [2.75, 3.05) is 20.8 Å². The van der Waals surface area contributed by atoms with Crippen LogP contribution in [0.5, 0.6) is 5.75 Å². The topological polar surface area (TPSA) is 144 Å². The number of likely N-dealkylation sites (tertiary alicyclic amines) is 1. The van der Waals surface area contributed by atoms with Crippen molar-refractivity contribution in [3.05, 3.63) is 63.9 Å². The number of carboxylic acids is 2. The molecule has 3 atom stereocenters. The third-order valence-electron chi connectivity index (χ3n) is 7.41. The van der Waals surface area contributed by atoms with Gasteiger partial charge in [-0.1, -0.05) is 26.8 Å². The minimum Gasteiger partial charge on any atom is -0.496 e. The summed E-state index contributed by atoms with van der Waals surface area (Å²) in [6.45, 7) is 7.23. The normalized spacial score (nSPS) is 22.9. The Labute approximate surface area is 236 Å². The number of amides is 1. The zero-order valence-electron chi connectivity index (χ0n) is 23.4. The van der Waals surface area contributed by atoms with E-state index in [-0.39, 0.29) is 24.1 Å². The molecule has 0 unspecified atom stereocenters. The molecule has 0 spiro atoms. The van der Waals surface area contributed by atoms with Crippen LogP contribution in [0.1, 0.15) is 59.0 Å². The van der Waals surface area contributed by atoms with E-state index < -0.39 is 41.3 Å². The highest BCUT2D eigenvalue weighted by atomic mass is 32.1. The number of thiazole rings is 1. The highest BCUT2D eigenvalue weighted by Gasteiger charge is 2.69. The van der Waals surface area contributed by atoms with Crippen molar-refractivity contribution in [3.8, 4) is 5.75 Å². The largest absolute Gasteiger partial charge is 0.496 e. The SMILES string of the molecule is COC[C@]1(C(=O)O)C[C@@](Cn2cccn2)(C(=O)O)N(C(=O)c2ccc(C(C)(C)C)c(OC)c2)[C@H]1c1ncc(C)s1. The molecule has 2 aromatic heterocycles. The fourth-order valence-corrected chi connectivity index (χ4v) is 6.60. The van der Waals surface area contributed by atoms with Crippen molar-refractivity contribution < 1.29 is 34.1 Å². The van der Waals surface area contributed by atoms with Gasteiger partial charge in [0.2, 0.25) is 0 Å². The van der Waals surface area contributed by atoms with Crippen LogP contribution < -0.4 is 4.74 Å². The molecule has 3 aromatic rings. The number of carbonyl (C=O) groups excluding carboxylic acids is 1. The van der Waals surface area contributed by atoms with Gasteiger partial charge in [0.05, 0.1) is 20.3 Å². The minimum absolute atomic E-state index is 0.160. The van der Waals surface area contributed by atoms with Gasteiger partial charge in [-0.25, -0.2) is 9.78 Å². The van der Waals surface area contributed by atoms with Gasteiger partial charge in [-0.05, 0) is 36.1 Å². The maximum absolute atomic E-state index is 14.6. The first-order valence-electron chi connectivity index (χ1n) is 12.7. The molecule has 1 fully saturated rings. The molecule has 0 bridgehead atoms. The molecular weight excluding hydrogens is 536 g/mol. The molecule has 0 radical (unpaired) electrons. The number of aliphatic carboxylic acids is 2. The van der Waals surface area contributed by atoms with Crippen molar-refractivity contribution in [2.24, 2.45) is 5.41 Å². The summed E-state index contributed by atoms with van der Waals surface area (Å²) in [6.07, 6.45) is 4.23. The molecule has 11 nitrogen and oxygen atoms in total. The summed E-state index contributed by atoms with van der Waals surface area (Å²) in [6, 6.07) is 5.36. The number of aryl methyl sites for hydroxylation is 1. The lowest BCUT2D eigenvalue weighted by atomic mass is 9.77. The van der Waals surface area contributed by atoms with E-state index in [9.17, 15) is 24.6 Å². The summed E-state index contributed by atoms with van der Waals surface area (Å²) in [5.74, 6) is -2.83. The molecule has 1 saturated heterocycles. The lowest BCUT2D eigenvalue weighted by molar-refractivity contribution is -0.154. The van der Waals surface area contributed by atoms with Crippen LogP contribution in [0.25, 0.3) is 0 Å². The molecular formula is C28H34N4O7S. The van der Waals surface area contributed by atoms with Crippen molar-refractivity contribution in [3.63, 3.8) is 0 Å². The summed E-state index contributed by atoms with van der Waals surface area (Å²) in [5.41, 5.74) is -3.08. The minimum atomic E-state index is -2.00. The van der Waals surface area contributed by atoms with E-state index >= 15 is 0 Å². The van der Waals surface area contributed by atoms with E-state index in [0.29, 0.717) is 10.8 Å². The van der Waals surface area contributed by atoms with Crippen molar-refractivity contribution in [1.29, 1.82) is 0 Å². The van der Waals surface area contributed by atoms with Crippen LogP contribution in [0.4, 0.5) is 0 Å². The first kappa shape index (κ1) is 29.2. The van der Waals surface area contributed by atoms with Gasteiger partial charge in [0.25, 0.3) is 5.91 Å². The Hall–Kier alpha value is -3.77. The monoisotopic (exact) mass is 570 g/mol. The second-order valence-electron chi connectivity index (χ2n) is 11.2. The zero-order chi connectivity index (χ0) is 29.5. The summed E-state index contributed by atoms with van der Waals surface area (Å²) in [5, 5.41) is 26.0. The number of rotatable bonds is 9. The highest BCUT2D eigenvalue weighted by molar-refractivity contribution is 7.11. The Morgan fingerprint density at radius 3 is 2.40 bits per heavy atom. The maximum atomic E-state index is 14.6. The van der Waals surface area contributed by atoms with Crippen LogP contribution in [0.2, 0.25) is 0 Å². The van der Waals surface area contributed by atoms with Crippen molar-refractivity contribution >= 4 is 29.2 Å². The van der Waals surface area contributed by atoms with Gasteiger partial charge in [0.15, 0.2) is 5.54 Å². The number of ether oxygens (including phenoxy) is 2. The van der Waals surface area contributed by atoms with E-state index in [0.717, 1.165) is 10.4 Å². The lowest BCUT2D eigenvalue weighted by Gasteiger charge is -2.38. The van der Waals surface area contributed by atoms with Crippen LogP contribution in [0.15, 0.2) is 42.9 Å². The number of carbonyl (C=O) groups is 3. The molecule has 12 heteroatoms. The molecule has 0 aliphatic carbocycles. The first-order valence-corrected chi connectivity index (χ1v) is 13.5. The van der Waals surface area contributed by atoms with Gasteiger partial charge in [0.1, 0.15) is 22.2 Å². The third-order valence-corrected chi connectivity index (χ3v) is 8.37. The van der Waals surface area contributed by atoms with Crippen LogP contribution >= 0.6 is 11.3 Å². The second kappa shape index (κ2) is 10.7. The van der Waals surface area contributed by atoms with Gasteiger partial charge in [-0.15, -0.1) is 11.3 Å². The summed E-state index contributed by atoms with van der Waals surface area (Å²) in [7, 11) is 2.86. The van der Waals surface area contributed by atoms with Gasteiger partial charge in [0, 0.05) is 42.6 Å². The number of carboxylic acid groups (broad SMARTS) is 2. The number of methoxy groups -OCH3 is 2. The van der Waals surface area contributed by atoms with E-state index in [1.165, 1.54) is 41.3 Å². The molecule has 0 saturated carbocycles. The quantitative estimate of drug-likeness (QED) is 0.393. The standard InChI is InChI=1S/C28H34N4O7S/c1-17-13-29-22(40-17)21-27(16-38-5,24(34)35)14-28(25(36)37,15-31-11-7-10-30-31)32(21)23(33)18-8-9-19(26(2,3)4)20(12-18)39-6/h7-13,21H,14-16H2,1-6H3,(H,34,35)(H,36,37)/t21-,27+,28+/m0/s1. The molecule has 3 heterocycles. The Morgan fingerprint density at radius 2 is 1.90 bits per heavy atom. The Morgan fingerprint density at radius 1 is 1.18 bits per heavy atom. The van der Waals surface area contributed by atoms with E-state index in [4.69, 9.17) is 9.47 Å². The predicted octanol–water partition coefficient (Wildman–Crippen LogP) is 3.78. The number of benzene rings is 1. The Bertz CT molecular complexity index is 1410. The van der Waals surface area contributed by atoms with Gasteiger partial charge in [-0.2, -0.15) is 5.10 Å². The van der Waals surface area contributed by atoms with E-state index in [1.54, 1.807) is 36.7 Å². The predicted molar refractivity (Wildman–Crippen MR) is 147 cm³/mol. The fourth-order valence-electron chi connectivity index (χ4n) is 5.62. The second-order valence-corrected chi connectivity index (χ2v) is 12.4. The zero-order valence-corrected chi connectivity index (χ0v) is 24.2. The van der Waals surface area contributed by atoms with E-state index in [2.05, 4.69) is 10.1 Å². The molecule has 1 aliphatic rings. The van der Waals surface area contributed by atoms with Crippen molar-refractivity contribution in [2.45, 2.75) is 57.7 Å².